The molecular weight excluding hydrogens is 234 g/mol. The molecule has 0 spiro atoms. The molecule has 2 unspecified atom stereocenters. The van der Waals surface area contributed by atoms with Gasteiger partial charge in [-0.15, -0.1) is 0 Å². The van der Waals surface area contributed by atoms with Gasteiger partial charge in [-0.25, -0.2) is 4.98 Å². The molecule has 0 saturated carbocycles. The van der Waals surface area contributed by atoms with Crippen LogP contribution in [0.5, 0.6) is 0 Å². The molecule has 1 aromatic heterocycles. The summed E-state index contributed by atoms with van der Waals surface area (Å²) in [6.07, 6.45) is 3.15. The van der Waals surface area contributed by atoms with Gasteiger partial charge in [0, 0.05) is 25.3 Å². The second kappa shape index (κ2) is 7.49. The maximum atomic E-state index is 4.60. The molecular formula is C16H29N3. The van der Waals surface area contributed by atoms with Gasteiger partial charge in [0.05, 0.1) is 0 Å². The molecule has 0 radical (unpaired) electrons. The van der Waals surface area contributed by atoms with E-state index in [0.717, 1.165) is 18.8 Å². The zero-order valence-corrected chi connectivity index (χ0v) is 13.3. The van der Waals surface area contributed by atoms with E-state index in [1.165, 1.54) is 5.56 Å². The first-order valence-electron chi connectivity index (χ1n) is 7.39. The lowest BCUT2D eigenvalue weighted by Crippen LogP contribution is -2.33. The van der Waals surface area contributed by atoms with Crippen LogP contribution < -0.4 is 10.2 Å². The van der Waals surface area contributed by atoms with E-state index >= 15 is 0 Å². The highest BCUT2D eigenvalue weighted by Crippen LogP contribution is 2.19. The van der Waals surface area contributed by atoms with Crippen LogP contribution in [0.2, 0.25) is 0 Å². The predicted molar refractivity (Wildman–Crippen MR) is 83.6 cm³/mol. The molecule has 0 aliphatic carbocycles. The fourth-order valence-corrected chi connectivity index (χ4v) is 2.00. The van der Waals surface area contributed by atoms with E-state index in [4.69, 9.17) is 0 Å². The average Bonchev–Trinajstić information content (AvgIpc) is 2.43. The van der Waals surface area contributed by atoms with Crippen molar-refractivity contribution in [1.29, 1.82) is 0 Å². The third kappa shape index (κ3) is 4.50. The molecule has 1 heterocycles. The lowest BCUT2D eigenvalue weighted by molar-refractivity contribution is 0.502. The van der Waals surface area contributed by atoms with Gasteiger partial charge in [0.25, 0.3) is 0 Å². The minimum Gasteiger partial charge on any atom is -0.357 e. The molecule has 1 aromatic rings. The van der Waals surface area contributed by atoms with Crippen LogP contribution in [0, 0.1) is 5.92 Å². The fraction of sp³-hybridized carbons (Fsp3) is 0.688. The van der Waals surface area contributed by atoms with Crippen molar-refractivity contribution in [3.05, 3.63) is 23.9 Å². The van der Waals surface area contributed by atoms with Crippen LogP contribution in [-0.4, -0.2) is 24.6 Å². The summed E-state index contributed by atoms with van der Waals surface area (Å²) in [5, 5.41) is 3.48. The molecule has 0 fully saturated rings. The normalized spacial score (nSPS) is 14.5. The van der Waals surface area contributed by atoms with Crippen molar-refractivity contribution in [3.63, 3.8) is 0 Å². The number of pyridine rings is 1. The summed E-state index contributed by atoms with van der Waals surface area (Å²) in [6.45, 7) is 12.1. The van der Waals surface area contributed by atoms with Crippen molar-refractivity contribution in [3.8, 4) is 0 Å². The van der Waals surface area contributed by atoms with Crippen LogP contribution >= 0.6 is 0 Å². The summed E-state index contributed by atoms with van der Waals surface area (Å²) in [7, 11) is 2.12. The number of aromatic nitrogens is 1. The van der Waals surface area contributed by atoms with Gasteiger partial charge < -0.3 is 10.2 Å². The molecule has 3 heteroatoms. The minimum absolute atomic E-state index is 0.370. The van der Waals surface area contributed by atoms with Gasteiger partial charge in [0.15, 0.2) is 0 Å². The quantitative estimate of drug-likeness (QED) is 0.814. The first kappa shape index (κ1) is 16.0. The van der Waals surface area contributed by atoms with Gasteiger partial charge in [-0.2, -0.15) is 0 Å². The first-order chi connectivity index (χ1) is 8.97. The lowest BCUT2D eigenvalue weighted by Gasteiger charge is -2.29. The van der Waals surface area contributed by atoms with Crippen molar-refractivity contribution in [2.45, 2.75) is 53.1 Å². The molecule has 19 heavy (non-hydrogen) atoms. The first-order valence-corrected chi connectivity index (χ1v) is 7.39. The second-order valence-electron chi connectivity index (χ2n) is 5.72. The molecule has 2 atom stereocenters. The topological polar surface area (TPSA) is 28.2 Å². The molecule has 0 amide bonds. The fourth-order valence-electron chi connectivity index (χ4n) is 2.00. The lowest BCUT2D eigenvalue weighted by atomic mass is 10.1. The highest BCUT2D eigenvalue weighted by Gasteiger charge is 2.15. The van der Waals surface area contributed by atoms with Crippen LogP contribution in [0.15, 0.2) is 18.3 Å². The van der Waals surface area contributed by atoms with E-state index in [0.29, 0.717) is 18.0 Å². The Kier molecular flexibility index (Phi) is 6.29. The number of nitrogens with zero attached hydrogens (tertiary/aromatic N) is 2. The second-order valence-corrected chi connectivity index (χ2v) is 5.72. The van der Waals surface area contributed by atoms with Gasteiger partial charge in [-0.3, -0.25) is 0 Å². The van der Waals surface area contributed by atoms with Crippen molar-refractivity contribution in [2.75, 3.05) is 18.5 Å². The Hall–Kier alpha value is -1.09. The Labute approximate surface area is 118 Å². The van der Waals surface area contributed by atoms with Crippen molar-refractivity contribution in [1.82, 2.24) is 10.3 Å². The summed E-state index contributed by atoms with van der Waals surface area (Å²) in [5.74, 6) is 1.67. The Morgan fingerprint density at radius 1 is 1.21 bits per heavy atom. The van der Waals surface area contributed by atoms with Gasteiger partial charge in [0.1, 0.15) is 5.82 Å². The molecule has 0 aliphatic rings. The van der Waals surface area contributed by atoms with Crippen LogP contribution in [0.25, 0.3) is 0 Å². The number of nitrogens with one attached hydrogen (secondary N) is 1. The summed E-state index contributed by atoms with van der Waals surface area (Å²) >= 11 is 0. The third-order valence-electron chi connectivity index (χ3n) is 3.91. The van der Waals surface area contributed by atoms with E-state index < -0.39 is 0 Å². The summed E-state index contributed by atoms with van der Waals surface area (Å²) in [6, 6.07) is 5.17. The summed E-state index contributed by atoms with van der Waals surface area (Å²) in [4.78, 5) is 6.85. The number of anilines is 1. The summed E-state index contributed by atoms with van der Waals surface area (Å²) in [5.41, 5.74) is 1.25. The smallest absolute Gasteiger partial charge is 0.128 e. The zero-order chi connectivity index (χ0) is 14.4. The molecule has 108 valence electrons. The molecule has 3 nitrogen and oxygen atoms in total. The van der Waals surface area contributed by atoms with Gasteiger partial charge in [-0.05, 0) is 44.4 Å². The monoisotopic (exact) mass is 263 g/mol. The molecule has 0 aromatic carbocycles. The van der Waals surface area contributed by atoms with Gasteiger partial charge in [-0.1, -0.05) is 26.8 Å². The molecule has 0 bridgehead atoms. The van der Waals surface area contributed by atoms with E-state index in [9.17, 15) is 0 Å². The van der Waals surface area contributed by atoms with Crippen LogP contribution in [0.3, 0.4) is 0 Å². The Balaban J connectivity index is 2.70. The van der Waals surface area contributed by atoms with Gasteiger partial charge >= 0.3 is 0 Å². The predicted octanol–water partition coefficient (Wildman–Crippen LogP) is 3.62. The van der Waals surface area contributed by atoms with E-state index in [2.05, 4.69) is 69.0 Å². The third-order valence-corrected chi connectivity index (χ3v) is 3.91. The SMILES string of the molecule is CCCNC(C)c1ccc(N(C)C(C)C(C)C)nc1. The van der Waals surface area contributed by atoms with Crippen LogP contribution in [0.1, 0.15) is 52.6 Å². The van der Waals surface area contributed by atoms with Crippen molar-refractivity contribution >= 4 is 5.82 Å². The van der Waals surface area contributed by atoms with E-state index in [-0.39, 0.29) is 0 Å². The van der Waals surface area contributed by atoms with Crippen LogP contribution in [-0.2, 0) is 0 Å². The van der Waals surface area contributed by atoms with Crippen LogP contribution in [0.4, 0.5) is 5.82 Å². The zero-order valence-electron chi connectivity index (χ0n) is 13.3. The number of hydrogen-bond donors (Lipinski definition) is 1. The Bertz CT molecular complexity index is 359. The molecule has 0 aliphatic heterocycles. The highest BCUT2D eigenvalue weighted by atomic mass is 15.2. The summed E-state index contributed by atoms with van der Waals surface area (Å²) < 4.78 is 0. The van der Waals surface area contributed by atoms with Crippen molar-refractivity contribution < 1.29 is 0 Å². The standard InChI is InChI=1S/C16H29N3/c1-7-10-17-13(4)15-8-9-16(18-11-15)19(6)14(5)12(2)3/h8-9,11-14,17H,7,10H2,1-6H3. The number of hydrogen-bond acceptors (Lipinski definition) is 3. The van der Waals surface area contributed by atoms with E-state index in [1.807, 2.05) is 6.20 Å². The molecule has 0 saturated heterocycles. The molecule has 1 N–H and O–H groups in total. The average molecular weight is 263 g/mol. The largest absolute Gasteiger partial charge is 0.357 e. The van der Waals surface area contributed by atoms with Crippen molar-refractivity contribution in [2.24, 2.45) is 5.92 Å². The van der Waals surface area contributed by atoms with Gasteiger partial charge in [0.2, 0.25) is 0 Å². The highest BCUT2D eigenvalue weighted by molar-refractivity contribution is 5.40. The Morgan fingerprint density at radius 2 is 1.89 bits per heavy atom. The maximum absolute atomic E-state index is 4.60. The van der Waals surface area contributed by atoms with E-state index in [1.54, 1.807) is 0 Å². The maximum Gasteiger partial charge on any atom is 0.128 e. The Morgan fingerprint density at radius 3 is 2.37 bits per heavy atom. The minimum atomic E-state index is 0.370. The number of rotatable bonds is 7. The molecule has 1 rings (SSSR count).